The van der Waals surface area contributed by atoms with Crippen LogP contribution in [0, 0.1) is 5.92 Å². The quantitative estimate of drug-likeness (QED) is 0.881. The fraction of sp³-hybridized carbons (Fsp3) is 0.789. The first kappa shape index (κ1) is 18.7. The van der Waals surface area contributed by atoms with Crippen LogP contribution in [0.2, 0.25) is 0 Å². The third-order valence-electron chi connectivity index (χ3n) is 6.22. The van der Waals surface area contributed by atoms with Gasteiger partial charge in [-0.15, -0.1) is 23.7 Å². The number of piperidine rings is 1. The third-order valence-corrected chi connectivity index (χ3v) is 7.56. The number of aryl methyl sites for hydroxylation is 1. The lowest BCUT2D eigenvalue weighted by molar-refractivity contribution is -0.114. The summed E-state index contributed by atoms with van der Waals surface area (Å²) in [5.41, 5.74) is 7.49. The summed E-state index contributed by atoms with van der Waals surface area (Å²) in [6.45, 7) is 7.97. The van der Waals surface area contributed by atoms with E-state index in [0.717, 1.165) is 38.2 Å². The van der Waals surface area contributed by atoms with Gasteiger partial charge in [0, 0.05) is 41.3 Å². The number of rotatable bonds is 3. The molecule has 2 N–H and O–H groups in total. The summed E-state index contributed by atoms with van der Waals surface area (Å²) in [4.78, 5) is 5.81. The maximum absolute atomic E-state index is 6.43. The van der Waals surface area contributed by atoms with E-state index in [1.165, 1.54) is 36.4 Å². The molecule has 0 amide bonds. The summed E-state index contributed by atoms with van der Waals surface area (Å²) in [6, 6.07) is 3.53. The van der Waals surface area contributed by atoms with E-state index in [9.17, 15) is 0 Å². The van der Waals surface area contributed by atoms with Crippen LogP contribution < -0.4 is 5.73 Å². The molecule has 1 saturated carbocycles. The van der Waals surface area contributed by atoms with Crippen molar-refractivity contribution in [3.8, 4) is 0 Å². The molecule has 2 fully saturated rings. The van der Waals surface area contributed by atoms with E-state index in [-0.39, 0.29) is 18.0 Å². The number of thiophene rings is 1. The molecule has 2 aliphatic heterocycles. The largest absolute Gasteiger partial charge is 0.370 e. The highest BCUT2D eigenvalue weighted by atomic mass is 35.5. The molecule has 4 rings (SSSR count). The molecule has 3 nitrogen and oxygen atoms in total. The molecule has 5 heteroatoms. The molecule has 2 atom stereocenters. The molecule has 3 aliphatic rings. The number of hydrogen-bond acceptors (Lipinski definition) is 4. The van der Waals surface area contributed by atoms with Gasteiger partial charge in [0.05, 0.1) is 12.2 Å². The Labute approximate surface area is 156 Å². The van der Waals surface area contributed by atoms with E-state index in [1.54, 1.807) is 4.88 Å². The van der Waals surface area contributed by atoms with Gasteiger partial charge in [0.15, 0.2) is 0 Å². The summed E-state index contributed by atoms with van der Waals surface area (Å²) < 4.78 is 6.43. The smallest absolute Gasteiger partial charge is 0.0969 e. The van der Waals surface area contributed by atoms with Crippen molar-refractivity contribution in [2.75, 3.05) is 19.7 Å². The lowest BCUT2D eigenvalue weighted by Gasteiger charge is -2.49. The Morgan fingerprint density at radius 3 is 2.88 bits per heavy atom. The molecule has 3 heterocycles. The maximum Gasteiger partial charge on any atom is 0.0969 e. The highest BCUT2D eigenvalue weighted by Crippen LogP contribution is 2.46. The van der Waals surface area contributed by atoms with Gasteiger partial charge >= 0.3 is 0 Å². The van der Waals surface area contributed by atoms with Crippen LogP contribution in [0.15, 0.2) is 6.07 Å². The number of nitrogens with two attached hydrogens (primary N) is 1. The minimum absolute atomic E-state index is 0. The van der Waals surface area contributed by atoms with Crippen molar-refractivity contribution in [3.05, 3.63) is 21.4 Å². The lowest BCUT2D eigenvalue weighted by atomic mass is 9.77. The molecular weight excluding hydrogens is 340 g/mol. The van der Waals surface area contributed by atoms with Crippen LogP contribution >= 0.6 is 23.7 Å². The van der Waals surface area contributed by atoms with Crippen molar-refractivity contribution in [2.45, 2.75) is 70.1 Å². The van der Waals surface area contributed by atoms with Gasteiger partial charge in [-0.1, -0.05) is 6.92 Å². The zero-order valence-corrected chi connectivity index (χ0v) is 16.6. The molecule has 0 bridgehead atoms. The molecule has 136 valence electrons. The first-order valence-corrected chi connectivity index (χ1v) is 10.2. The first-order chi connectivity index (χ1) is 11.1. The average molecular weight is 371 g/mol. The third kappa shape index (κ3) is 3.28. The number of hydrogen-bond donors (Lipinski definition) is 1. The van der Waals surface area contributed by atoms with Crippen LogP contribution in [0.1, 0.15) is 54.8 Å². The zero-order chi connectivity index (χ0) is 16.0. The number of halogens is 1. The van der Waals surface area contributed by atoms with Gasteiger partial charge in [-0.05, 0) is 56.6 Å². The predicted molar refractivity (Wildman–Crippen MR) is 103 cm³/mol. The second kappa shape index (κ2) is 7.24. The van der Waals surface area contributed by atoms with Crippen molar-refractivity contribution < 1.29 is 4.74 Å². The fourth-order valence-electron chi connectivity index (χ4n) is 4.81. The van der Waals surface area contributed by atoms with Gasteiger partial charge in [-0.3, -0.25) is 0 Å². The van der Waals surface area contributed by atoms with E-state index in [2.05, 4.69) is 24.8 Å². The minimum Gasteiger partial charge on any atom is -0.370 e. The molecule has 1 aliphatic carbocycles. The summed E-state index contributed by atoms with van der Waals surface area (Å²) >= 11 is 2.02. The Bertz CT molecular complexity index is 572. The number of nitrogens with zero attached hydrogens (tertiary/aromatic N) is 1. The van der Waals surface area contributed by atoms with Crippen molar-refractivity contribution in [1.29, 1.82) is 0 Å². The van der Waals surface area contributed by atoms with Crippen LogP contribution in [0.25, 0.3) is 0 Å². The molecular formula is C19H31ClN2OS. The molecule has 1 saturated heterocycles. The molecule has 1 spiro atoms. The van der Waals surface area contributed by atoms with Crippen LogP contribution in [-0.2, 0) is 23.2 Å². The minimum atomic E-state index is 0. The Morgan fingerprint density at radius 1 is 1.42 bits per heavy atom. The number of fused-ring (bicyclic) bond motifs is 2. The van der Waals surface area contributed by atoms with Gasteiger partial charge in [-0.2, -0.15) is 0 Å². The maximum atomic E-state index is 6.43. The van der Waals surface area contributed by atoms with Gasteiger partial charge in [-0.25, -0.2) is 0 Å². The molecule has 0 aromatic carbocycles. The Morgan fingerprint density at radius 2 is 2.21 bits per heavy atom. The normalized spacial score (nSPS) is 36.0. The van der Waals surface area contributed by atoms with Gasteiger partial charge < -0.3 is 15.4 Å². The average Bonchev–Trinajstić information content (AvgIpc) is 2.93. The van der Waals surface area contributed by atoms with E-state index < -0.39 is 0 Å². The van der Waals surface area contributed by atoms with Crippen LogP contribution in [0.3, 0.4) is 0 Å². The molecule has 1 aromatic rings. The van der Waals surface area contributed by atoms with Gasteiger partial charge in [0.25, 0.3) is 0 Å². The van der Waals surface area contributed by atoms with Crippen molar-refractivity contribution >= 4 is 23.7 Å². The highest BCUT2D eigenvalue weighted by Gasteiger charge is 2.45. The first-order valence-electron chi connectivity index (χ1n) is 9.35. The van der Waals surface area contributed by atoms with Gasteiger partial charge in [0.1, 0.15) is 0 Å². The van der Waals surface area contributed by atoms with Crippen molar-refractivity contribution in [3.63, 3.8) is 0 Å². The van der Waals surface area contributed by atoms with Crippen molar-refractivity contribution in [1.82, 2.24) is 4.90 Å². The molecule has 24 heavy (non-hydrogen) atoms. The zero-order valence-electron chi connectivity index (χ0n) is 14.9. The molecule has 0 radical (unpaired) electrons. The van der Waals surface area contributed by atoms with E-state index in [4.69, 9.17) is 10.5 Å². The van der Waals surface area contributed by atoms with Gasteiger partial charge in [0.2, 0.25) is 0 Å². The number of likely N-dealkylation sites (tertiary alicyclic amines) is 1. The standard InChI is InChI=1S/C19H30N2OS.ClH/c1-3-16-10-17-18(23-16)4-7-22-19(17)5-6-21(13(2)11-19)12-14-8-15(20)9-14;/h10,13-15H,3-9,11-12,20H2,1-2H3;1H/t13-,14?,15?,19+;/m0./s1. The van der Waals surface area contributed by atoms with E-state index in [1.807, 2.05) is 11.3 Å². The van der Waals surface area contributed by atoms with E-state index >= 15 is 0 Å². The second-order valence-electron chi connectivity index (χ2n) is 7.89. The predicted octanol–water partition coefficient (Wildman–Crippen LogP) is 3.72. The Kier molecular flexibility index (Phi) is 5.63. The lowest BCUT2D eigenvalue weighted by Crippen LogP contribution is -2.53. The SMILES string of the molecule is CCc1cc2c(s1)CCO[C@@]21CCN(CC2CC(N)C2)[C@@H](C)C1.Cl. The summed E-state index contributed by atoms with van der Waals surface area (Å²) in [5.74, 6) is 0.831. The Balaban J connectivity index is 0.00000169. The monoisotopic (exact) mass is 370 g/mol. The molecule has 0 unspecified atom stereocenters. The van der Waals surface area contributed by atoms with Crippen LogP contribution in [-0.4, -0.2) is 36.7 Å². The Hall–Kier alpha value is -0.130. The fourth-order valence-corrected chi connectivity index (χ4v) is 5.99. The van der Waals surface area contributed by atoms with Crippen LogP contribution in [0.5, 0.6) is 0 Å². The molecule has 1 aromatic heterocycles. The summed E-state index contributed by atoms with van der Waals surface area (Å²) in [7, 11) is 0. The summed E-state index contributed by atoms with van der Waals surface area (Å²) in [5, 5.41) is 0. The summed E-state index contributed by atoms with van der Waals surface area (Å²) in [6.07, 6.45) is 7.01. The topological polar surface area (TPSA) is 38.5 Å². The van der Waals surface area contributed by atoms with E-state index in [0.29, 0.717) is 12.1 Å². The highest BCUT2D eigenvalue weighted by molar-refractivity contribution is 7.12. The number of ether oxygens (including phenoxy) is 1. The second-order valence-corrected chi connectivity index (χ2v) is 9.11. The van der Waals surface area contributed by atoms with Crippen molar-refractivity contribution in [2.24, 2.45) is 11.7 Å². The van der Waals surface area contributed by atoms with Crippen LogP contribution in [0.4, 0.5) is 0 Å².